The largest absolute Gasteiger partial charge is 0.371 e. The molecule has 2 aromatic heterocycles. The Morgan fingerprint density at radius 1 is 0.635 bits per heavy atom. The minimum absolute atomic E-state index is 0.572. The van der Waals surface area contributed by atoms with Gasteiger partial charge in [0.2, 0.25) is 5.96 Å². The van der Waals surface area contributed by atoms with Crippen molar-refractivity contribution in [2.24, 2.45) is 9.98 Å². The van der Waals surface area contributed by atoms with Gasteiger partial charge < -0.3 is 15.5 Å². The van der Waals surface area contributed by atoms with E-state index in [4.69, 9.17) is 9.98 Å². The second kappa shape index (κ2) is 14.5. The fraction of sp³-hybridized carbons (Fsp3) is 0.273. The zero-order valence-corrected chi connectivity index (χ0v) is 29.5. The van der Waals surface area contributed by atoms with Gasteiger partial charge in [0, 0.05) is 48.0 Å². The Morgan fingerprint density at radius 3 is 2.08 bits per heavy atom. The lowest BCUT2D eigenvalue weighted by molar-refractivity contribution is 0.578. The molecule has 9 rings (SSSR count). The van der Waals surface area contributed by atoms with E-state index in [9.17, 15) is 0 Å². The minimum Gasteiger partial charge on any atom is -0.371 e. The number of nitrogens with zero attached hydrogens (tertiary/aromatic N) is 6. The third kappa shape index (κ3) is 6.68. The van der Waals surface area contributed by atoms with E-state index < -0.39 is 0 Å². The maximum Gasteiger partial charge on any atom is 0.235 e. The van der Waals surface area contributed by atoms with Gasteiger partial charge in [-0.05, 0) is 116 Å². The molecule has 2 N–H and O–H groups in total. The second-order valence-corrected chi connectivity index (χ2v) is 14.2. The summed E-state index contributed by atoms with van der Waals surface area (Å²) in [7, 11) is 0. The van der Waals surface area contributed by atoms with Crippen molar-refractivity contribution in [3.8, 4) is 0 Å². The Bertz CT molecular complexity index is 2130. The normalized spacial score (nSPS) is 18.7. The highest BCUT2D eigenvalue weighted by Crippen LogP contribution is 2.40. The van der Waals surface area contributed by atoms with Crippen molar-refractivity contribution in [3.05, 3.63) is 144 Å². The molecule has 8 heteroatoms. The molecule has 0 radical (unpaired) electrons. The first-order chi connectivity index (χ1) is 25.7. The topological polar surface area (TPSA) is 81.0 Å². The summed E-state index contributed by atoms with van der Waals surface area (Å²) in [6, 6.07) is 25.5. The number of allylic oxidation sites excluding steroid dienone is 5. The summed E-state index contributed by atoms with van der Waals surface area (Å²) in [5, 5.41) is 7.28. The van der Waals surface area contributed by atoms with Crippen LogP contribution < -0.4 is 15.5 Å². The molecule has 0 spiro atoms. The van der Waals surface area contributed by atoms with Gasteiger partial charge in [0.15, 0.2) is 0 Å². The molecule has 5 aliphatic rings. The second-order valence-electron chi connectivity index (χ2n) is 14.2. The zero-order chi connectivity index (χ0) is 34.7. The molecule has 6 heterocycles. The van der Waals surface area contributed by atoms with Crippen LogP contribution >= 0.6 is 0 Å². The molecule has 0 amide bonds. The van der Waals surface area contributed by atoms with Gasteiger partial charge in [-0.2, -0.15) is 0 Å². The Kier molecular flexibility index (Phi) is 8.95. The van der Waals surface area contributed by atoms with Gasteiger partial charge >= 0.3 is 0 Å². The number of pyridine rings is 2. The van der Waals surface area contributed by atoms with Crippen LogP contribution in [0.1, 0.15) is 80.4 Å². The lowest BCUT2D eigenvalue weighted by Gasteiger charge is -2.34. The molecule has 4 aliphatic heterocycles. The Morgan fingerprint density at radius 2 is 1.35 bits per heavy atom. The molecular formula is C44H44N8. The van der Waals surface area contributed by atoms with E-state index in [-0.39, 0.29) is 0 Å². The highest BCUT2D eigenvalue weighted by atomic mass is 15.3. The van der Waals surface area contributed by atoms with E-state index in [2.05, 4.69) is 97.2 Å². The van der Waals surface area contributed by atoms with Crippen LogP contribution in [-0.4, -0.2) is 39.6 Å². The summed E-state index contributed by atoms with van der Waals surface area (Å²) in [5.74, 6) is 2.84. The van der Waals surface area contributed by atoms with Crippen molar-refractivity contribution in [1.29, 1.82) is 0 Å². The van der Waals surface area contributed by atoms with E-state index in [1.165, 1.54) is 69.0 Å². The SMILES string of the molecule is C1=CC2=CC(c3ccc(C4CCCCCC4)cc3Nc3ccccn3)=NC3=NC(c4ccc(N5CCCCC5)cc4Nc4ccccn4)=CC(=C1)N23. The lowest BCUT2D eigenvalue weighted by atomic mass is 9.89. The van der Waals surface area contributed by atoms with Crippen LogP contribution in [0.5, 0.6) is 0 Å². The predicted molar refractivity (Wildman–Crippen MR) is 214 cm³/mol. The first-order valence-electron chi connectivity index (χ1n) is 18.9. The van der Waals surface area contributed by atoms with Crippen molar-refractivity contribution in [1.82, 2.24) is 14.9 Å². The van der Waals surface area contributed by atoms with Gasteiger partial charge in [-0.15, -0.1) is 0 Å². The molecule has 2 fully saturated rings. The summed E-state index contributed by atoms with van der Waals surface area (Å²) >= 11 is 0. The zero-order valence-electron chi connectivity index (χ0n) is 29.5. The molecule has 0 bridgehead atoms. The van der Waals surface area contributed by atoms with Crippen LogP contribution in [0.25, 0.3) is 5.70 Å². The molecule has 4 aromatic rings. The number of guanidine groups is 1. The average molecular weight is 685 g/mol. The molecule has 0 unspecified atom stereocenters. The Balaban J connectivity index is 1.12. The van der Waals surface area contributed by atoms with E-state index in [1.807, 2.05) is 48.8 Å². The lowest BCUT2D eigenvalue weighted by Crippen LogP contribution is -2.34. The molecule has 260 valence electrons. The first-order valence-corrected chi connectivity index (χ1v) is 18.9. The Labute approximate surface area is 306 Å². The van der Waals surface area contributed by atoms with Crippen LogP contribution in [0.2, 0.25) is 0 Å². The fourth-order valence-corrected chi connectivity index (χ4v) is 8.07. The molecule has 1 saturated carbocycles. The van der Waals surface area contributed by atoms with Crippen LogP contribution in [0.4, 0.5) is 28.7 Å². The quantitative estimate of drug-likeness (QED) is 0.180. The predicted octanol–water partition coefficient (Wildman–Crippen LogP) is 10.2. The van der Waals surface area contributed by atoms with Crippen LogP contribution in [0, 0.1) is 0 Å². The summed E-state index contributed by atoms with van der Waals surface area (Å²) in [4.78, 5) is 24.4. The van der Waals surface area contributed by atoms with Crippen molar-refractivity contribution >= 4 is 46.1 Å². The maximum absolute atomic E-state index is 5.30. The number of aliphatic imine (C=N–C) groups is 2. The van der Waals surface area contributed by atoms with Crippen LogP contribution in [-0.2, 0) is 0 Å². The number of piperidine rings is 1. The number of hydrogen-bond donors (Lipinski definition) is 2. The number of nitrogens with one attached hydrogen (secondary N) is 2. The summed E-state index contributed by atoms with van der Waals surface area (Å²) in [6.07, 6.45) is 25.9. The van der Waals surface area contributed by atoms with Gasteiger partial charge in [-0.25, -0.2) is 20.0 Å². The summed E-state index contributed by atoms with van der Waals surface area (Å²) < 4.78 is 0. The van der Waals surface area contributed by atoms with Gasteiger partial charge in [0.25, 0.3) is 0 Å². The number of benzene rings is 2. The number of anilines is 5. The molecule has 1 saturated heterocycles. The van der Waals surface area contributed by atoms with Crippen molar-refractivity contribution in [2.75, 3.05) is 28.6 Å². The van der Waals surface area contributed by atoms with E-state index >= 15 is 0 Å². The molecular weight excluding hydrogens is 641 g/mol. The molecule has 0 atom stereocenters. The number of aromatic nitrogens is 2. The van der Waals surface area contributed by atoms with E-state index in [0.717, 1.165) is 70.0 Å². The number of rotatable bonds is 8. The van der Waals surface area contributed by atoms with E-state index in [0.29, 0.717) is 11.9 Å². The maximum atomic E-state index is 5.30. The molecule has 1 aliphatic carbocycles. The smallest absolute Gasteiger partial charge is 0.235 e. The third-order valence-electron chi connectivity index (χ3n) is 10.8. The van der Waals surface area contributed by atoms with Gasteiger partial charge in [-0.1, -0.05) is 56.0 Å². The Hall–Kier alpha value is -5.76. The van der Waals surface area contributed by atoms with Crippen LogP contribution in [0.15, 0.2) is 137 Å². The van der Waals surface area contributed by atoms with E-state index in [1.54, 1.807) is 0 Å². The number of hydrogen-bond acceptors (Lipinski definition) is 8. The third-order valence-corrected chi connectivity index (χ3v) is 10.8. The minimum atomic E-state index is 0.572. The highest BCUT2D eigenvalue weighted by Gasteiger charge is 2.30. The monoisotopic (exact) mass is 684 g/mol. The summed E-state index contributed by atoms with van der Waals surface area (Å²) in [6.45, 7) is 2.15. The standard InChI is InChI=1S/C44H44N8/c1-2-5-14-31(13-4-1)32-19-21-36(38(27-32)47-42-17-6-8-23-45-42)40-29-34-15-12-16-35-30-41(50-44(49-40)52(34)35)37-22-20-33(51-25-10-3-11-26-51)28-39(37)48-43-18-7-9-24-46-43/h6-9,12,15-24,27-31H,1-5,10-11,13-14,25-26H2,(H,45,47)(H,46,48). The fourth-order valence-electron chi connectivity index (χ4n) is 8.07. The van der Waals surface area contributed by atoms with Crippen molar-refractivity contribution in [2.45, 2.75) is 63.7 Å². The van der Waals surface area contributed by atoms with Gasteiger partial charge in [0.05, 0.1) is 28.5 Å². The van der Waals surface area contributed by atoms with Gasteiger partial charge in [0.1, 0.15) is 11.6 Å². The van der Waals surface area contributed by atoms with Crippen LogP contribution in [0.3, 0.4) is 0 Å². The first kappa shape index (κ1) is 32.2. The molecule has 52 heavy (non-hydrogen) atoms. The molecule has 2 aromatic carbocycles. The summed E-state index contributed by atoms with van der Waals surface area (Å²) in [5.41, 5.74) is 10.4. The highest BCUT2D eigenvalue weighted by molar-refractivity contribution is 6.20. The van der Waals surface area contributed by atoms with Crippen molar-refractivity contribution < 1.29 is 0 Å². The molecule has 8 nitrogen and oxygen atoms in total. The average Bonchev–Trinajstić information content (AvgIpc) is 3.49. The van der Waals surface area contributed by atoms with Crippen molar-refractivity contribution in [3.63, 3.8) is 0 Å². The van der Waals surface area contributed by atoms with Gasteiger partial charge in [-0.3, -0.25) is 4.90 Å².